The lowest BCUT2D eigenvalue weighted by Gasteiger charge is -2.16. The van der Waals surface area contributed by atoms with Crippen molar-refractivity contribution in [2.45, 2.75) is 32.7 Å². The van der Waals surface area contributed by atoms with E-state index in [0.717, 1.165) is 31.9 Å². The van der Waals surface area contributed by atoms with Crippen LogP contribution in [-0.2, 0) is 0 Å². The fraction of sp³-hybridized carbons (Fsp3) is 0.533. The van der Waals surface area contributed by atoms with Gasteiger partial charge in [0.15, 0.2) is 5.96 Å². The number of nitrogens with zero attached hydrogens (tertiary/aromatic N) is 1. The maximum atomic E-state index is 4.21. The van der Waals surface area contributed by atoms with Crippen molar-refractivity contribution >= 4 is 35.6 Å². The number of halogens is 1. The normalized spacial score (nSPS) is 12.2. The summed E-state index contributed by atoms with van der Waals surface area (Å²) in [7, 11) is 1.81. The monoisotopic (exact) mass is 390 g/mol. The molecule has 0 aromatic heterocycles. The molecule has 0 aliphatic heterocycles. The zero-order valence-corrected chi connectivity index (χ0v) is 15.0. The second-order valence-electron chi connectivity index (χ2n) is 4.60. The van der Waals surface area contributed by atoms with Gasteiger partial charge in [-0.05, 0) is 31.9 Å². The van der Waals surface area contributed by atoms with Gasteiger partial charge in [-0.25, -0.2) is 0 Å². The number of guanidine groups is 1. The Morgan fingerprint density at radius 1 is 1.20 bits per heavy atom. The van der Waals surface area contributed by atoms with Gasteiger partial charge in [0.2, 0.25) is 0 Å². The van der Waals surface area contributed by atoms with Crippen molar-refractivity contribution < 1.29 is 0 Å². The van der Waals surface area contributed by atoms with Crippen molar-refractivity contribution in [1.82, 2.24) is 10.6 Å². The topological polar surface area (TPSA) is 48.5 Å². The molecule has 1 aromatic rings. The molecule has 1 aromatic carbocycles. The average Bonchev–Trinajstić information content (AvgIpc) is 2.46. The van der Waals surface area contributed by atoms with Crippen molar-refractivity contribution in [2.75, 3.05) is 25.5 Å². The number of para-hydroxylation sites is 1. The minimum Gasteiger partial charge on any atom is -0.385 e. The predicted molar refractivity (Wildman–Crippen MR) is 99.2 cm³/mol. The van der Waals surface area contributed by atoms with Gasteiger partial charge < -0.3 is 16.0 Å². The molecule has 20 heavy (non-hydrogen) atoms. The predicted octanol–water partition coefficient (Wildman–Crippen LogP) is 3.07. The molecular formula is C15H27IN4. The molecule has 1 unspecified atom stereocenters. The number of hydrogen-bond acceptors (Lipinski definition) is 2. The Kier molecular flexibility index (Phi) is 11.2. The van der Waals surface area contributed by atoms with Gasteiger partial charge in [-0.15, -0.1) is 24.0 Å². The summed E-state index contributed by atoms with van der Waals surface area (Å²) in [6.07, 6.45) is 2.15. The van der Waals surface area contributed by atoms with Gasteiger partial charge in [-0.1, -0.05) is 25.1 Å². The van der Waals surface area contributed by atoms with Crippen LogP contribution in [0.1, 0.15) is 26.7 Å². The smallest absolute Gasteiger partial charge is 0.191 e. The summed E-state index contributed by atoms with van der Waals surface area (Å²) in [5.74, 6) is 0.883. The lowest BCUT2D eigenvalue weighted by molar-refractivity contribution is 0.622. The van der Waals surface area contributed by atoms with Gasteiger partial charge in [0.1, 0.15) is 0 Å². The third kappa shape index (κ3) is 8.24. The molecular weight excluding hydrogens is 363 g/mol. The molecule has 0 spiro atoms. The van der Waals surface area contributed by atoms with Gasteiger partial charge in [-0.2, -0.15) is 0 Å². The maximum absolute atomic E-state index is 4.21. The van der Waals surface area contributed by atoms with Crippen molar-refractivity contribution in [1.29, 1.82) is 0 Å². The van der Waals surface area contributed by atoms with Crippen LogP contribution in [0.5, 0.6) is 0 Å². The third-order valence-corrected chi connectivity index (χ3v) is 2.97. The molecule has 5 heteroatoms. The summed E-state index contributed by atoms with van der Waals surface area (Å²) in [5.41, 5.74) is 1.17. The number of hydrogen-bond donors (Lipinski definition) is 3. The van der Waals surface area contributed by atoms with Crippen molar-refractivity contribution in [2.24, 2.45) is 4.99 Å². The van der Waals surface area contributed by atoms with E-state index in [2.05, 4.69) is 46.9 Å². The molecule has 0 saturated carbocycles. The first-order valence-corrected chi connectivity index (χ1v) is 7.02. The van der Waals surface area contributed by atoms with E-state index >= 15 is 0 Å². The van der Waals surface area contributed by atoms with Crippen LogP contribution >= 0.6 is 24.0 Å². The first kappa shape index (κ1) is 19.0. The Bertz CT molecular complexity index is 367. The van der Waals surface area contributed by atoms with Crippen molar-refractivity contribution in [3.8, 4) is 0 Å². The lowest BCUT2D eigenvalue weighted by Crippen LogP contribution is -2.42. The summed E-state index contributed by atoms with van der Waals surface area (Å²) >= 11 is 0. The second kappa shape index (κ2) is 11.8. The average molecular weight is 390 g/mol. The summed E-state index contributed by atoms with van der Waals surface area (Å²) in [6, 6.07) is 10.7. The first-order valence-electron chi connectivity index (χ1n) is 7.02. The van der Waals surface area contributed by atoms with Crippen LogP contribution in [0, 0.1) is 0 Å². The van der Waals surface area contributed by atoms with Gasteiger partial charge in [0.25, 0.3) is 0 Å². The molecule has 0 amide bonds. The fourth-order valence-corrected chi connectivity index (χ4v) is 1.61. The minimum atomic E-state index is 0. The molecule has 0 saturated heterocycles. The summed E-state index contributed by atoms with van der Waals surface area (Å²) < 4.78 is 0. The van der Waals surface area contributed by atoms with Crippen LogP contribution in [0.2, 0.25) is 0 Å². The maximum Gasteiger partial charge on any atom is 0.191 e. The van der Waals surface area contributed by atoms with Crippen LogP contribution in [0.3, 0.4) is 0 Å². The zero-order valence-electron chi connectivity index (χ0n) is 12.6. The standard InChI is InChI=1S/C15H26N4.HI/c1-4-13(2)19-15(16-3)18-12-8-11-17-14-9-6-5-7-10-14;/h5-7,9-10,13,17H,4,8,11-12H2,1-3H3,(H2,16,18,19);1H. The quantitative estimate of drug-likeness (QED) is 0.290. The van der Waals surface area contributed by atoms with E-state index in [1.165, 1.54) is 5.69 Å². The third-order valence-electron chi connectivity index (χ3n) is 2.97. The SMILES string of the molecule is CCC(C)NC(=NC)NCCCNc1ccccc1.I. The lowest BCUT2D eigenvalue weighted by atomic mass is 10.3. The molecule has 0 heterocycles. The zero-order chi connectivity index (χ0) is 13.9. The van der Waals surface area contributed by atoms with E-state index in [-0.39, 0.29) is 24.0 Å². The molecule has 0 bridgehead atoms. The Labute approximate surface area is 139 Å². The molecule has 114 valence electrons. The number of benzene rings is 1. The molecule has 3 N–H and O–H groups in total. The minimum absolute atomic E-state index is 0. The Balaban J connectivity index is 0.00000361. The highest BCUT2D eigenvalue weighted by atomic mass is 127. The number of rotatable bonds is 7. The number of nitrogens with one attached hydrogen (secondary N) is 3. The van der Waals surface area contributed by atoms with Crippen LogP contribution in [0.4, 0.5) is 5.69 Å². The molecule has 0 radical (unpaired) electrons. The first-order chi connectivity index (χ1) is 9.26. The Hall–Kier alpha value is -0.980. The molecule has 1 atom stereocenters. The van der Waals surface area contributed by atoms with Gasteiger partial charge in [0.05, 0.1) is 0 Å². The molecule has 0 aliphatic rings. The van der Waals surface area contributed by atoms with Crippen molar-refractivity contribution in [3.63, 3.8) is 0 Å². The molecule has 4 nitrogen and oxygen atoms in total. The van der Waals surface area contributed by atoms with E-state index in [0.29, 0.717) is 6.04 Å². The largest absolute Gasteiger partial charge is 0.385 e. The van der Waals surface area contributed by atoms with E-state index in [9.17, 15) is 0 Å². The summed E-state index contributed by atoms with van der Waals surface area (Å²) in [6.45, 7) is 6.19. The van der Waals surface area contributed by atoms with Crippen LogP contribution in [-0.4, -0.2) is 32.1 Å². The van der Waals surface area contributed by atoms with Crippen LogP contribution in [0.25, 0.3) is 0 Å². The molecule has 0 fully saturated rings. The number of aliphatic imine (C=N–C) groups is 1. The second-order valence-corrected chi connectivity index (χ2v) is 4.60. The summed E-state index contributed by atoms with van der Waals surface area (Å²) in [5, 5.41) is 10.1. The van der Waals surface area contributed by atoms with E-state index < -0.39 is 0 Å². The van der Waals surface area contributed by atoms with E-state index in [4.69, 9.17) is 0 Å². The van der Waals surface area contributed by atoms with Gasteiger partial charge in [-0.3, -0.25) is 4.99 Å². The van der Waals surface area contributed by atoms with Gasteiger partial charge in [0, 0.05) is 31.9 Å². The van der Waals surface area contributed by atoms with E-state index in [1.807, 2.05) is 18.2 Å². The van der Waals surface area contributed by atoms with Crippen LogP contribution < -0.4 is 16.0 Å². The Morgan fingerprint density at radius 3 is 2.50 bits per heavy atom. The molecule has 1 rings (SSSR count). The highest BCUT2D eigenvalue weighted by Gasteiger charge is 2.01. The molecule has 0 aliphatic carbocycles. The van der Waals surface area contributed by atoms with E-state index in [1.54, 1.807) is 7.05 Å². The number of anilines is 1. The Morgan fingerprint density at radius 2 is 1.90 bits per heavy atom. The van der Waals surface area contributed by atoms with Crippen LogP contribution in [0.15, 0.2) is 35.3 Å². The highest BCUT2D eigenvalue weighted by molar-refractivity contribution is 14.0. The summed E-state index contributed by atoms with van der Waals surface area (Å²) in [4.78, 5) is 4.21. The highest BCUT2D eigenvalue weighted by Crippen LogP contribution is 2.03. The van der Waals surface area contributed by atoms with Gasteiger partial charge >= 0.3 is 0 Å². The van der Waals surface area contributed by atoms with Crippen molar-refractivity contribution in [3.05, 3.63) is 30.3 Å². The fourth-order valence-electron chi connectivity index (χ4n) is 1.61.